The van der Waals surface area contributed by atoms with Crippen LogP contribution in [0.5, 0.6) is 0 Å². The maximum absolute atomic E-state index is 11.1. The van der Waals surface area contributed by atoms with E-state index >= 15 is 0 Å². The first-order chi connectivity index (χ1) is 10.3. The lowest BCUT2D eigenvalue weighted by Gasteiger charge is -2.27. The molecule has 1 N–H and O–H groups in total. The Bertz CT molecular complexity index is 305. The standard InChI is InChI=1S/C16H28N2O3/c1-2-16(19)17-8-5-9-18(12-14-6-3-10-20-14)13-15-7-4-11-21-15/h2,14-15H,1,3-13H2,(H,17,19). The molecule has 2 unspecified atom stereocenters. The Labute approximate surface area is 127 Å². The van der Waals surface area contributed by atoms with Crippen LogP contribution in [0.1, 0.15) is 32.1 Å². The third kappa shape index (κ3) is 6.16. The second-order valence-corrected chi connectivity index (χ2v) is 5.88. The quantitative estimate of drug-likeness (QED) is 0.515. The Kier molecular flexibility index (Phi) is 7.19. The maximum Gasteiger partial charge on any atom is 0.243 e. The molecule has 2 rings (SSSR count). The summed E-state index contributed by atoms with van der Waals surface area (Å²) in [7, 11) is 0. The van der Waals surface area contributed by atoms with Gasteiger partial charge >= 0.3 is 0 Å². The Morgan fingerprint density at radius 1 is 1.19 bits per heavy atom. The van der Waals surface area contributed by atoms with Gasteiger partial charge in [-0.2, -0.15) is 0 Å². The van der Waals surface area contributed by atoms with Gasteiger partial charge in [-0.25, -0.2) is 0 Å². The molecule has 1 amide bonds. The fourth-order valence-corrected chi connectivity index (χ4v) is 3.00. The average Bonchev–Trinajstić information content (AvgIpc) is 3.16. The van der Waals surface area contributed by atoms with Crippen molar-refractivity contribution in [2.24, 2.45) is 0 Å². The van der Waals surface area contributed by atoms with Crippen molar-refractivity contribution in [3.8, 4) is 0 Å². The molecular weight excluding hydrogens is 268 g/mol. The molecule has 0 spiro atoms. The van der Waals surface area contributed by atoms with Crippen LogP contribution in [0.25, 0.3) is 0 Å². The fourth-order valence-electron chi connectivity index (χ4n) is 3.00. The number of hydrogen-bond acceptors (Lipinski definition) is 4. The lowest BCUT2D eigenvalue weighted by atomic mass is 10.2. The number of rotatable bonds is 9. The molecule has 0 radical (unpaired) electrons. The van der Waals surface area contributed by atoms with Gasteiger partial charge in [0, 0.05) is 39.4 Å². The summed E-state index contributed by atoms with van der Waals surface area (Å²) in [4.78, 5) is 13.6. The second kappa shape index (κ2) is 9.18. The molecule has 2 aliphatic rings. The first-order valence-electron chi connectivity index (χ1n) is 8.14. The zero-order chi connectivity index (χ0) is 14.9. The molecule has 120 valence electrons. The second-order valence-electron chi connectivity index (χ2n) is 5.88. The molecule has 5 heteroatoms. The van der Waals surface area contributed by atoms with Gasteiger partial charge in [-0.3, -0.25) is 9.69 Å². The Morgan fingerprint density at radius 2 is 1.81 bits per heavy atom. The molecule has 2 heterocycles. The maximum atomic E-state index is 11.1. The van der Waals surface area contributed by atoms with Gasteiger partial charge in [-0.1, -0.05) is 6.58 Å². The summed E-state index contributed by atoms with van der Waals surface area (Å²) < 4.78 is 11.5. The van der Waals surface area contributed by atoms with E-state index in [9.17, 15) is 4.79 Å². The van der Waals surface area contributed by atoms with Crippen LogP contribution >= 0.6 is 0 Å². The molecule has 0 aromatic carbocycles. The van der Waals surface area contributed by atoms with Crippen molar-refractivity contribution >= 4 is 5.91 Å². The third-order valence-corrected chi connectivity index (χ3v) is 4.11. The topological polar surface area (TPSA) is 50.8 Å². The molecule has 2 atom stereocenters. The Hall–Kier alpha value is -0.910. The fraction of sp³-hybridized carbons (Fsp3) is 0.812. The van der Waals surface area contributed by atoms with Gasteiger partial charge in [-0.15, -0.1) is 0 Å². The molecule has 0 saturated carbocycles. The number of ether oxygens (including phenoxy) is 2. The number of nitrogens with zero attached hydrogens (tertiary/aromatic N) is 1. The number of amides is 1. The predicted octanol–water partition coefficient (Wildman–Crippen LogP) is 1.34. The molecule has 2 aliphatic heterocycles. The van der Waals surface area contributed by atoms with Gasteiger partial charge < -0.3 is 14.8 Å². The molecular formula is C16H28N2O3. The van der Waals surface area contributed by atoms with Crippen molar-refractivity contribution < 1.29 is 14.3 Å². The van der Waals surface area contributed by atoms with Crippen LogP contribution in [0.3, 0.4) is 0 Å². The van der Waals surface area contributed by atoms with E-state index in [0.717, 1.165) is 52.1 Å². The van der Waals surface area contributed by atoms with Crippen molar-refractivity contribution in [2.75, 3.05) is 39.4 Å². The smallest absolute Gasteiger partial charge is 0.243 e. The van der Waals surface area contributed by atoms with Crippen LogP contribution in [0.15, 0.2) is 12.7 Å². The molecule has 0 aromatic heterocycles. The summed E-state index contributed by atoms with van der Waals surface area (Å²) in [5.41, 5.74) is 0. The van der Waals surface area contributed by atoms with Crippen molar-refractivity contribution in [2.45, 2.75) is 44.3 Å². The van der Waals surface area contributed by atoms with Crippen LogP contribution in [0.4, 0.5) is 0 Å². The largest absolute Gasteiger partial charge is 0.377 e. The number of nitrogens with one attached hydrogen (secondary N) is 1. The minimum Gasteiger partial charge on any atom is -0.377 e. The van der Waals surface area contributed by atoms with Gasteiger partial charge in [0.15, 0.2) is 0 Å². The van der Waals surface area contributed by atoms with Gasteiger partial charge in [0.25, 0.3) is 0 Å². The highest BCUT2D eigenvalue weighted by Crippen LogP contribution is 2.17. The summed E-state index contributed by atoms with van der Waals surface area (Å²) >= 11 is 0. The van der Waals surface area contributed by atoms with Gasteiger partial charge in [0.1, 0.15) is 0 Å². The van der Waals surface area contributed by atoms with Crippen LogP contribution < -0.4 is 5.32 Å². The third-order valence-electron chi connectivity index (χ3n) is 4.11. The Balaban J connectivity index is 1.70. The minimum atomic E-state index is -0.0974. The number of carbonyl (C=O) groups is 1. The average molecular weight is 296 g/mol. The lowest BCUT2D eigenvalue weighted by Crippen LogP contribution is -2.39. The summed E-state index contributed by atoms with van der Waals surface area (Å²) in [6.07, 6.45) is 7.67. The van der Waals surface area contributed by atoms with Crippen LogP contribution in [-0.2, 0) is 14.3 Å². The molecule has 5 nitrogen and oxygen atoms in total. The van der Waals surface area contributed by atoms with E-state index in [0.29, 0.717) is 18.8 Å². The normalized spacial score (nSPS) is 25.4. The zero-order valence-corrected chi connectivity index (χ0v) is 12.9. The van der Waals surface area contributed by atoms with E-state index in [2.05, 4.69) is 16.8 Å². The van der Waals surface area contributed by atoms with Crippen LogP contribution in [0.2, 0.25) is 0 Å². The lowest BCUT2D eigenvalue weighted by molar-refractivity contribution is -0.116. The summed E-state index contributed by atoms with van der Waals surface area (Å²) in [6, 6.07) is 0. The van der Waals surface area contributed by atoms with E-state index in [4.69, 9.17) is 9.47 Å². The van der Waals surface area contributed by atoms with E-state index < -0.39 is 0 Å². The van der Waals surface area contributed by atoms with E-state index in [1.807, 2.05) is 0 Å². The minimum absolute atomic E-state index is 0.0974. The SMILES string of the molecule is C=CC(=O)NCCCN(CC1CCCO1)CC1CCCO1. The van der Waals surface area contributed by atoms with Crippen molar-refractivity contribution in [3.63, 3.8) is 0 Å². The monoisotopic (exact) mass is 296 g/mol. The molecule has 21 heavy (non-hydrogen) atoms. The number of hydrogen-bond donors (Lipinski definition) is 1. The van der Waals surface area contributed by atoms with Gasteiger partial charge in [0.2, 0.25) is 5.91 Å². The van der Waals surface area contributed by atoms with Crippen molar-refractivity contribution in [1.29, 1.82) is 0 Å². The van der Waals surface area contributed by atoms with Crippen LogP contribution in [0, 0.1) is 0 Å². The summed E-state index contributed by atoms with van der Waals surface area (Å²) in [5.74, 6) is -0.0974. The summed E-state index contributed by atoms with van der Waals surface area (Å²) in [6.45, 7) is 8.87. The molecule has 2 fully saturated rings. The zero-order valence-electron chi connectivity index (χ0n) is 12.9. The Morgan fingerprint density at radius 3 is 2.29 bits per heavy atom. The van der Waals surface area contributed by atoms with Gasteiger partial charge in [0.05, 0.1) is 12.2 Å². The highest BCUT2D eigenvalue weighted by atomic mass is 16.5. The van der Waals surface area contributed by atoms with Crippen molar-refractivity contribution in [1.82, 2.24) is 10.2 Å². The summed E-state index contributed by atoms with van der Waals surface area (Å²) in [5, 5.41) is 2.83. The molecule has 0 aliphatic carbocycles. The number of carbonyl (C=O) groups excluding carboxylic acids is 1. The highest BCUT2D eigenvalue weighted by Gasteiger charge is 2.23. The highest BCUT2D eigenvalue weighted by molar-refractivity contribution is 5.86. The molecule has 0 bridgehead atoms. The first-order valence-corrected chi connectivity index (χ1v) is 8.14. The van der Waals surface area contributed by atoms with E-state index in [1.165, 1.54) is 18.9 Å². The molecule has 0 aromatic rings. The van der Waals surface area contributed by atoms with Crippen LogP contribution in [-0.4, -0.2) is 62.4 Å². The van der Waals surface area contributed by atoms with E-state index in [-0.39, 0.29) is 5.91 Å². The van der Waals surface area contributed by atoms with E-state index in [1.54, 1.807) is 0 Å². The van der Waals surface area contributed by atoms with Gasteiger partial charge in [-0.05, 0) is 38.2 Å². The molecule has 2 saturated heterocycles. The predicted molar refractivity (Wildman–Crippen MR) is 82.2 cm³/mol. The van der Waals surface area contributed by atoms with Crippen molar-refractivity contribution in [3.05, 3.63) is 12.7 Å². The first kappa shape index (κ1) is 16.5.